The molecule has 0 amide bonds. The van der Waals surface area contributed by atoms with Crippen molar-refractivity contribution in [2.45, 2.75) is 13.8 Å². The van der Waals surface area contributed by atoms with Crippen LogP contribution in [-0.2, 0) is 4.74 Å². The lowest BCUT2D eigenvalue weighted by Gasteiger charge is -2.30. The Labute approximate surface area is 100 Å². The van der Waals surface area contributed by atoms with Crippen molar-refractivity contribution in [3.05, 3.63) is 33.4 Å². The molecule has 5 heteroatoms. The van der Waals surface area contributed by atoms with Crippen LogP contribution in [-0.4, -0.2) is 31.2 Å². The lowest BCUT2D eigenvalue weighted by molar-refractivity contribution is -0.386. The summed E-state index contributed by atoms with van der Waals surface area (Å²) in [6.07, 6.45) is 0. The predicted octanol–water partition coefficient (Wildman–Crippen LogP) is 2.05. The van der Waals surface area contributed by atoms with Crippen LogP contribution in [0.4, 0.5) is 11.4 Å². The third-order valence-electron chi connectivity index (χ3n) is 3.14. The van der Waals surface area contributed by atoms with E-state index in [1.165, 1.54) is 0 Å². The average molecular weight is 236 g/mol. The van der Waals surface area contributed by atoms with Gasteiger partial charge in [0.05, 0.1) is 23.7 Å². The molecule has 0 atom stereocenters. The van der Waals surface area contributed by atoms with Crippen LogP contribution in [0.3, 0.4) is 0 Å². The molecule has 2 rings (SSSR count). The van der Waals surface area contributed by atoms with Gasteiger partial charge < -0.3 is 9.64 Å². The second-order valence-corrected chi connectivity index (χ2v) is 4.23. The molecule has 0 unspecified atom stereocenters. The highest BCUT2D eigenvalue weighted by Gasteiger charge is 2.21. The number of morpholine rings is 1. The third-order valence-corrected chi connectivity index (χ3v) is 3.14. The molecule has 0 spiro atoms. The molecule has 0 aromatic heterocycles. The smallest absolute Gasteiger partial charge is 0.277 e. The van der Waals surface area contributed by atoms with Crippen molar-refractivity contribution in [1.29, 1.82) is 0 Å². The van der Waals surface area contributed by atoms with Crippen LogP contribution in [0.5, 0.6) is 0 Å². The monoisotopic (exact) mass is 236 g/mol. The van der Waals surface area contributed by atoms with Crippen molar-refractivity contribution in [3.8, 4) is 0 Å². The van der Waals surface area contributed by atoms with Crippen LogP contribution in [0.1, 0.15) is 11.1 Å². The van der Waals surface area contributed by atoms with E-state index in [0.717, 1.165) is 24.3 Å². The summed E-state index contributed by atoms with van der Waals surface area (Å²) in [5.74, 6) is 0. The molecular formula is C12H16N2O3. The molecule has 1 heterocycles. The number of anilines is 1. The number of nitro groups is 1. The molecule has 0 aliphatic carbocycles. The van der Waals surface area contributed by atoms with Gasteiger partial charge >= 0.3 is 0 Å². The second kappa shape index (κ2) is 4.71. The van der Waals surface area contributed by atoms with Crippen molar-refractivity contribution < 1.29 is 9.66 Å². The molecule has 1 aliphatic heterocycles. The van der Waals surface area contributed by atoms with E-state index in [-0.39, 0.29) is 10.6 Å². The highest BCUT2D eigenvalue weighted by Crippen LogP contribution is 2.31. The van der Waals surface area contributed by atoms with Gasteiger partial charge in [-0.3, -0.25) is 10.1 Å². The summed E-state index contributed by atoms with van der Waals surface area (Å²) in [5, 5.41) is 11.0. The molecule has 5 nitrogen and oxygen atoms in total. The summed E-state index contributed by atoms with van der Waals surface area (Å²) in [6.45, 7) is 6.54. The van der Waals surface area contributed by atoms with E-state index in [0.29, 0.717) is 18.8 Å². The zero-order valence-corrected chi connectivity index (χ0v) is 10.1. The minimum atomic E-state index is -0.297. The molecule has 1 aromatic carbocycles. The number of ether oxygens (including phenoxy) is 1. The number of nitro benzene ring substituents is 1. The average Bonchev–Trinajstić information content (AvgIpc) is 2.30. The van der Waals surface area contributed by atoms with E-state index < -0.39 is 0 Å². The number of nitrogens with zero attached hydrogens (tertiary/aromatic N) is 2. The van der Waals surface area contributed by atoms with Gasteiger partial charge in [-0.25, -0.2) is 0 Å². The zero-order chi connectivity index (χ0) is 12.4. The molecule has 92 valence electrons. The highest BCUT2D eigenvalue weighted by atomic mass is 16.6. The van der Waals surface area contributed by atoms with E-state index >= 15 is 0 Å². The molecular weight excluding hydrogens is 220 g/mol. The zero-order valence-electron chi connectivity index (χ0n) is 10.1. The summed E-state index contributed by atoms with van der Waals surface area (Å²) < 4.78 is 5.29. The predicted molar refractivity (Wildman–Crippen MR) is 65.6 cm³/mol. The normalized spacial score (nSPS) is 16.0. The quantitative estimate of drug-likeness (QED) is 0.582. The molecule has 1 saturated heterocycles. The Balaban J connectivity index is 2.41. The Morgan fingerprint density at radius 3 is 2.53 bits per heavy atom. The van der Waals surface area contributed by atoms with Crippen molar-refractivity contribution >= 4 is 11.4 Å². The van der Waals surface area contributed by atoms with Crippen molar-refractivity contribution in [3.63, 3.8) is 0 Å². The first-order valence-electron chi connectivity index (χ1n) is 5.68. The van der Waals surface area contributed by atoms with Gasteiger partial charge in [-0.1, -0.05) is 6.07 Å². The van der Waals surface area contributed by atoms with Gasteiger partial charge in [0.1, 0.15) is 0 Å². The van der Waals surface area contributed by atoms with Crippen LogP contribution in [0.25, 0.3) is 0 Å². The van der Waals surface area contributed by atoms with Gasteiger partial charge in [0.25, 0.3) is 5.69 Å². The van der Waals surface area contributed by atoms with Gasteiger partial charge in [0, 0.05) is 24.3 Å². The van der Waals surface area contributed by atoms with Crippen LogP contribution < -0.4 is 4.90 Å². The Morgan fingerprint density at radius 2 is 1.94 bits per heavy atom. The molecule has 0 radical (unpaired) electrons. The summed E-state index contributed by atoms with van der Waals surface area (Å²) in [5.41, 5.74) is 2.64. The molecule has 0 bridgehead atoms. The van der Waals surface area contributed by atoms with Crippen molar-refractivity contribution in [1.82, 2.24) is 0 Å². The molecule has 17 heavy (non-hydrogen) atoms. The minimum absolute atomic E-state index is 0.231. The lowest BCUT2D eigenvalue weighted by Crippen LogP contribution is -2.36. The van der Waals surface area contributed by atoms with Crippen molar-refractivity contribution in [2.24, 2.45) is 0 Å². The third kappa shape index (κ3) is 2.24. The van der Waals surface area contributed by atoms with E-state index in [1.807, 2.05) is 19.1 Å². The number of hydrogen-bond acceptors (Lipinski definition) is 4. The lowest BCUT2D eigenvalue weighted by atomic mass is 10.1. The van der Waals surface area contributed by atoms with Gasteiger partial charge in [0.2, 0.25) is 0 Å². The van der Waals surface area contributed by atoms with Crippen LogP contribution >= 0.6 is 0 Å². The van der Waals surface area contributed by atoms with E-state index in [4.69, 9.17) is 4.74 Å². The Hall–Kier alpha value is -1.62. The fourth-order valence-electron chi connectivity index (χ4n) is 2.25. The fraction of sp³-hybridized carbons (Fsp3) is 0.500. The highest BCUT2D eigenvalue weighted by molar-refractivity contribution is 5.64. The number of aryl methyl sites for hydroxylation is 1. The number of hydrogen-bond donors (Lipinski definition) is 0. The van der Waals surface area contributed by atoms with E-state index in [1.54, 1.807) is 6.92 Å². The van der Waals surface area contributed by atoms with Gasteiger partial charge in [-0.2, -0.15) is 0 Å². The van der Waals surface area contributed by atoms with Gasteiger partial charge in [-0.05, 0) is 19.9 Å². The van der Waals surface area contributed by atoms with Gasteiger partial charge in [0.15, 0.2) is 0 Å². The maximum Gasteiger partial charge on any atom is 0.277 e. The van der Waals surface area contributed by atoms with Crippen LogP contribution in [0, 0.1) is 24.0 Å². The summed E-state index contributed by atoms with van der Waals surface area (Å²) >= 11 is 0. The van der Waals surface area contributed by atoms with Gasteiger partial charge in [-0.15, -0.1) is 0 Å². The number of benzene rings is 1. The molecule has 1 aliphatic rings. The van der Waals surface area contributed by atoms with E-state index in [9.17, 15) is 10.1 Å². The topological polar surface area (TPSA) is 55.6 Å². The first kappa shape index (κ1) is 11.9. The van der Waals surface area contributed by atoms with Crippen LogP contribution in [0.2, 0.25) is 0 Å². The Kier molecular flexibility index (Phi) is 3.28. The maximum absolute atomic E-state index is 11.0. The molecule has 0 N–H and O–H groups in total. The molecule has 1 aromatic rings. The number of rotatable bonds is 2. The Bertz CT molecular complexity index is 440. The summed E-state index contributed by atoms with van der Waals surface area (Å²) in [4.78, 5) is 12.9. The summed E-state index contributed by atoms with van der Waals surface area (Å²) in [7, 11) is 0. The van der Waals surface area contributed by atoms with E-state index in [2.05, 4.69) is 4.90 Å². The largest absolute Gasteiger partial charge is 0.378 e. The standard InChI is InChI=1S/C12H16N2O3/c1-9-3-4-11(10(2)12(9)14(15)16)13-5-7-17-8-6-13/h3-4H,5-8H2,1-2H3. The Morgan fingerprint density at radius 1 is 1.29 bits per heavy atom. The summed E-state index contributed by atoms with van der Waals surface area (Å²) in [6, 6.07) is 3.78. The first-order valence-corrected chi connectivity index (χ1v) is 5.68. The first-order chi connectivity index (χ1) is 8.11. The van der Waals surface area contributed by atoms with Crippen molar-refractivity contribution in [2.75, 3.05) is 31.2 Å². The fourth-order valence-corrected chi connectivity index (χ4v) is 2.25. The second-order valence-electron chi connectivity index (χ2n) is 4.23. The minimum Gasteiger partial charge on any atom is -0.378 e. The van der Waals surface area contributed by atoms with Crippen LogP contribution in [0.15, 0.2) is 12.1 Å². The SMILES string of the molecule is Cc1ccc(N2CCOCC2)c(C)c1[N+](=O)[O-]. The molecule has 1 fully saturated rings. The molecule has 0 saturated carbocycles. The maximum atomic E-state index is 11.0.